The van der Waals surface area contributed by atoms with Gasteiger partial charge < -0.3 is 21.3 Å². The number of rotatable bonds is 3. The van der Waals surface area contributed by atoms with Crippen LogP contribution in [0.3, 0.4) is 0 Å². The summed E-state index contributed by atoms with van der Waals surface area (Å²) in [6.07, 6.45) is 4.53. The lowest BCUT2D eigenvalue weighted by Gasteiger charge is -2.41. The van der Waals surface area contributed by atoms with E-state index in [1.165, 1.54) is 0 Å². The second kappa shape index (κ2) is 7.86. The molecule has 0 spiro atoms. The highest BCUT2D eigenvalue weighted by atomic mass is 19.1. The molecule has 0 radical (unpaired) electrons. The third-order valence-electron chi connectivity index (χ3n) is 6.44. The zero-order chi connectivity index (χ0) is 19.7. The van der Waals surface area contributed by atoms with Crippen molar-refractivity contribution < 1.29 is 8.78 Å². The first-order valence-electron chi connectivity index (χ1n) is 10.1. The number of hydrogen-bond acceptors (Lipinski definition) is 4. The monoisotopic (exact) mass is 386 g/mol. The molecule has 0 amide bonds. The van der Waals surface area contributed by atoms with E-state index < -0.39 is 0 Å². The van der Waals surface area contributed by atoms with Gasteiger partial charge in [-0.25, -0.2) is 8.78 Å². The van der Waals surface area contributed by atoms with Crippen molar-refractivity contribution in [2.45, 2.75) is 25.7 Å². The Labute approximate surface area is 165 Å². The molecule has 4 N–H and O–H groups in total. The van der Waals surface area contributed by atoms with Crippen molar-refractivity contribution in [1.82, 2.24) is 0 Å². The Bertz CT molecular complexity index is 756. The average molecular weight is 386 g/mol. The van der Waals surface area contributed by atoms with Gasteiger partial charge in [0.1, 0.15) is 11.6 Å². The molecule has 0 saturated carbocycles. The van der Waals surface area contributed by atoms with Crippen LogP contribution in [0, 0.1) is 23.5 Å². The van der Waals surface area contributed by atoms with E-state index >= 15 is 0 Å². The van der Waals surface area contributed by atoms with Crippen molar-refractivity contribution in [2.75, 3.05) is 47.4 Å². The van der Waals surface area contributed by atoms with Gasteiger partial charge in [-0.05, 0) is 73.9 Å². The second-order valence-corrected chi connectivity index (χ2v) is 8.06. The van der Waals surface area contributed by atoms with E-state index in [1.54, 1.807) is 24.3 Å². The molecule has 2 aromatic carbocycles. The van der Waals surface area contributed by atoms with E-state index in [1.807, 2.05) is 12.1 Å². The fourth-order valence-electron chi connectivity index (χ4n) is 4.68. The van der Waals surface area contributed by atoms with Crippen molar-refractivity contribution in [3.63, 3.8) is 0 Å². The highest BCUT2D eigenvalue weighted by Crippen LogP contribution is 2.35. The Hall–Kier alpha value is -2.50. The minimum atomic E-state index is -0.342. The van der Waals surface area contributed by atoms with Crippen LogP contribution < -0.4 is 21.3 Å². The molecule has 0 aromatic heterocycles. The molecule has 6 heteroatoms. The first-order valence-corrected chi connectivity index (χ1v) is 10.1. The van der Waals surface area contributed by atoms with Gasteiger partial charge >= 0.3 is 0 Å². The van der Waals surface area contributed by atoms with Crippen molar-refractivity contribution in [3.05, 3.63) is 48.0 Å². The van der Waals surface area contributed by atoms with Gasteiger partial charge in [-0.1, -0.05) is 0 Å². The summed E-state index contributed by atoms with van der Waals surface area (Å²) in [4.78, 5) is 4.51. The van der Waals surface area contributed by atoms with Crippen LogP contribution in [-0.2, 0) is 0 Å². The molecule has 2 aromatic rings. The zero-order valence-electron chi connectivity index (χ0n) is 16.1. The molecular weight excluding hydrogens is 358 g/mol. The molecule has 0 aliphatic carbocycles. The number of piperidine rings is 2. The quantitative estimate of drug-likeness (QED) is 0.774. The summed E-state index contributed by atoms with van der Waals surface area (Å²) in [6, 6.07) is 10.2. The Balaban J connectivity index is 1.30. The maximum atomic E-state index is 13.7. The van der Waals surface area contributed by atoms with Crippen molar-refractivity contribution in [2.24, 2.45) is 11.8 Å². The van der Waals surface area contributed by atoms with Crippen LogP contribution in [0.15, 0.2) is 36.4 Å². The Morgan fingerprint density at radius 1 is 0.643 bits per heavy atom. The van der Waals surface area contributed by atoms with Crippen molar-refractivity contribution in [3.8, 4) is 0 Å². The van der Waals surface area contributed by atoms with Crippen LogP contribution in [0.4, 0.5) is 31.5 Å². The van der Waals surface area contributed by atoms with Crippen LogP contribution in [0.25, 0.3) is 0 Å². The number of halogens is 2. The average Bonchev–Trinajstić information content (AvgIpc) is 2.72. The number of nitrogens with two attached hydrogens (primary N) is 2. The second-order valence-electron chi connectivity index (χ2n) is 8.06. The molecule has 4 nitrogen and oxygen atoms in total. The summed E-state index contributed by atoms with van der Waals surface area (Å²) in [5.41, 5.74) is 13.4. The first-order chi connectivity index (χ1) is 13.5. The van der Waals surface area contributed by atoms with Gasteiger partial charge in [0.05, 0.1) is 11.4 Å². The first kappa shape index (κ1) is 18.8. The fourth-order valence-corrected chi connectivity index (χ4v) is 4.68. The summed E-state index contributed by atoms with van der Waals surface area (Å²) in [7, 11) is 0. The van der Waals surface area contributed by atoms with Gasteiger partial charge in [0.25, 0.3) is 0 Å². The largest absolute Gasteiger partial charge is 0.396 e. The maximum absolute atomic E-state index is 13.7. The SMILES string of the molecule is Nc1ccc(N2CCC(C3CCN(c4ccc(N)c(F)c4)CC3)CC2)cc1F. The zero-order valence-corrected chi connectivity index (χ0v) is 16.1. The maximum Gasteiger partial charge on any atom is 0.148 e. The van der Waals surface area contributed by atoms with Gasteiger partial charge in [0.2, 0.25) is 0 Å². The molecule has 0 bridgehead atoms. The third-order valence-corrected chi connectivity index (χ3v) is 6.44. The number of hydrogen-bond donors (Lipinski definition) is 2. The summed E-state index contributed by atoms with van der Waals surface area (Å²) >= 11 is 0. The summed E-state index contributed by atoms with van der Waals surface area (Å²) < 4.78 is 27.5. The molecular formula is C22H28F2N4. The van der Waals surface area contributed by atoms with Gasteiger partial charge in [-0.3, -0.25) is 0 Å². The Morgan fingerprint density at radius 2 is 1.00 bits per heavy atom. The standard InChI is InChI=1S/C22H28F2N4/c23-19-13-17(1-3-21(19)25)27-9-5-15(6-10-27)16-7-11-28(12-8-16)18-2-4-22(26)20(24)14-18/h1-4,13-16H,5-12,25-26H2. The van der Waals surface area contributed by atoms with Crippen LogP contribution in [0.2, 0.25) is 0 Å². The van der Waals surface area contributed by atoms with E-state index in [2.05, 4.69) is 9.80 Å². The van der Waals surface area contributed by atoms with E-state index in [0.717, 1.165) is 63.2 Å². The van der Waals surface area contributed by atoms with Gasteiger partial charge in [0, 0.05) is 37.6 Å². The molecule has 150 valence electrons. The van der Waals surface area contributed by atoms with E-state index in [9.17, 15) is 8.78 Å². The molecule has 28 heavy (non-hydrogen) atoms. The number of benzene rings is 2. The Kier molecular flexibility index (Phi) is 5.29. The van der Waals surface area contributed by atoms with Gasteiger partial charge in [-0.15, -0.1) is 0 Å². The van der Waals surface area contributed by atoms with E-state index in [0.29, 0.717) is 11.8 Å². The van der Waals surface area contributed by atoms with Crippen LogP contribution in [0.5, 0.6) is 0 Å². The third kappa shape index (κ3) is 3.86. The molecule has 2 aliphatic heterocycles. The number of nitrogens with zero attached hydrogens (tertiary/aromatic N) is 2. The highest BCUT2D eigenvalue weighted by molar-refractivity contribution is 5.55. The lowest BCUT2D eigenvalue weighted by atomic mass is 9.78. The topological polar surface area (TPSA) is 58.5 Å². The molecule has 2 fully saturated rings. The van der Waals surface area contributed by atoms with Crippen molar-refractivity contribution >= 4 is 22.7 Å². The molecule has 2 aliphatic rings. The number of nitrogen functional groups attached to an aromatic ring is 2. The lowest BCUT2D eigenvalue weighted by Crippen LogP contribution is -2.41. The predicted octanol–water partition coefficient (Wildman–Crippen LogP) is 4.26. The van der Waals surface area contributed by atoms with Gasteiger partial charge in [-0.2, -0.15) is 0 Å². The van der Waals surface area contributed by atoms with Crippen LogP contribution in [-0.4, -0.2) is 26.2 Å². The number of anilines is 4. The molecule has 4 rings (SSSR count). The van der Waals surface area contributed by atoms with E-state index in [4.69, 9.17) is 11.5 Å². The minimum absolute atomic E-state index is 0.200. The predicted molar refractivity (Wildman–Crippen MR) is 111 cm³/mol. The van der Waals surface area contributed by atoms with Crippen LogP contribution in [0.1, 0.15) is 25.7 Å². The smallest absolute Gasteiger partial charge is 0.148 e. The van der Waals surface area contributed by atoms with Crippen LogP contribution >= 0.6 is 0 Å². The molecule has 2 heterocycles. The Morgan fingerprint density at radius 3 is 1.32 bits per heavy atom. The van der Waals surface area contributed by atoms with Crippen molar-refractivity contribution in [1.29, 1.82) is 0 Å². The lowest BCUT2D eigenvalue weighted by molar-refractivity contribution is 0.233. The van der Waals surface area contributed by atoms with Gasteiger partial charge in [0.15, 0.2) is 0 Å². The van der Waals surface area contributed by atoms with E-state index in [-0.39, 0.29) is 23.0 Å². The summed E-state index contributed by atoms with van der Waals surface area (Å²) in [5.74, 6) is 0.734. The minimum Gasteiger partial charge on any atom is -0.396 e. The summed E-state index contributed by atoms with van der Waals surface area (Å²) in [5, 5.41) is 0. The normalized spacial score (nSPS) is 19.2. The summed E-state index contributed by atoms with van der Waals surface area (Å²) in [6.45, 7) is 3.82. The molecule has 0 atom stereocenters. The molecule has 0 unspecified atom stereocenters. The highest BCUT2D eigenvalue weighted by Gasteiger charge is 2.30. The fraction of sp³-hybridized carbons (Fsp3) is 0.455. The molecule has 2 saturated heterocycles.